The molecule has 0 bridgehead atoms. The number of nitrogens with zero attached hydrogens (tertiary/aromatic N) is 2. The molecule has 0 spiro atoms. The molecular formula is C19H24F3N3OS. The molecule has 1 aliphatic rings. The van der Waals surface area contributed by atoms with Gasteiger partial charge in [-0.1, -0.05) is 0 Å². The zero-order valence-corrected chi connectivity index (χ0v) is 16.1. The van der Waals surface area contributed by atoms with Crippen molar-refractivity contribution >= 4 is 27.5 Å². The summed E-state index contributed by atoms with van der Waals surface area (Å²) in [4.78, 5) is 18.6. The summed E-state index contributed by atoms with van der Waals surface area (Å²) in [6, 6.07) is 3.61. The van der Waals surface area contributed by atoms with Crippen molar-refractivity contribution in [1.82, 2.24) is 15.2 Å². The van der Waals surface area contributed by atoms with Crippen molar-refractivity contribution in [2.45, 2.75) is 38.3 Å². The summed E-state index contributed by atoms with van der Waals surface area (Å²) in [5.74, 6) is 0.783. The predicted octanol–water partition coefficient (Wildman–Crippen LogP) is 4.10. The quantitative estimate of drug-likeness (QED) is 0.796. The van der Waals surface area contributed by atoms with Gasteiger partial charge in [-0.15, -0.1) is 11.3 Å². The number of carbonyl (C=O) groups is 1. The number of fused-ring (bicyclic) bond motifs is 1. The highest BCUT2D eigenvalue weighted by molar-refractivity contribution is 7.18. The molecule has 1 aromatic carbocycles. The van der Waals surface area contributed by atoms with Gasteiger partial charge < -0.3 is 10.2 Å². The molecule has 1 saturated heterocycles. The van der Waals surface area contributed by atoms with Crippen LogP contribution in [-0.2, 0) is 17.4 Å². The summed E-state index contributed by atoms with van der Waals surface area (Å²) in [6.07, 6.45) is -0.326. The molecule has 0 radical (unpaired) electrons. The van der Waals surface area contributed by atoms with Crippen LogP contribution >= 0.6 is 11.3 Å². The molecule has 148 valence electrons. The van der Waals surface area contributed by atoms with Crippen molar-refractivity contribution in [2.24, 2.45) is 5.92 Å². The van der Waals surface area contributed by atoms with Crippen molar-refractivity contribution < 1.29 is 18.0 Å². The maximum absolute atomic E-state index is 12.8. The number of benzene rings is 1. The number of nitrogens with one attached hydrogen (secondary N) is 1. The average molecular weight is 399 g/mol. The molecule has 0 unspecified atom stereocenters. The average Bonchev–Trinajstić information content (AvgIpc) is 3.06. The van der Waals surface area contributed by atoms with Crippen LogP contribution in [0.25, 0.3) is 10.2 Å². The fraction of sp³-hybridized carbons (Fsp3) is 0.579. The third kappa shape index (κ3) is 5.19. The molecule has 0 saturated carbocycles. The number of piperidine rings is 1. The van der Waals surface area contributed by atoms with Crippen molar-refractivity contribution in [1.29, 1.82) is 0 Å². The molecule has 0 atom stereocenters. The van der Waals surface area contributed by atoms with Crippen LogP contribution in [0.3, 0.4) is 0 Å². The smallest absolute Gasteiger partial charge is 0.343 e. The summed E-state index contributed by atoms with van der Waals surface area (Å²) < 4.78 is 39.1. The van der Waals surface area contributed by atoms with E-state index in [1.54, 1.807) is 0 Å². The highest BCUT2D eigenvalue weighted by Gasteiger charge is 2.30. The Morgan fingerprint density at radius 2 is 2.07 bits per heavy atom. The molecule has 4 nitrogen and oxygen atoms in total. The number of amides is 1. The van der Waals surface area contributed by atoms with Crippen LogP contribution in [0.15, 0.2) is 18.2 Å². The van der Waals surface area contributed by atoms with Gasteiger partial charge in [-0.2, -0.15) is 13.2 Å². The van der Waals surface area contributed by atoms with E-state index in [2.05, 4.69) is 10.3 Å². The molecule has 2 heterocycles. The monoisotopic (exact) mass is 399 g/mol. The van der Waals surface area contributed by atoms with E-state index in [0.29, 0.717) is 29.3 Å². The normalized spacial score (nSPS) is 16.2. The molecule has 1 N–H and O–H groups in total. The molecule has 0 aliphatic carbocycles. The number of alkyl halides is 3. The topological polar surface area (TPSA) is 45.2 Å². The zero-order valence-electron chi connectivity index (χ0n) is 15.3. The highest BCUT2D eigenvalue weighted by Crippen LogP contribution is 2.33. The summed E-state index contributed by atoms with van der Waals surface area (Å²) in [5, 5.41) is 3.87. The number of aryl methyl sites for hydroxylation is 1. The minimum Gasteiger partial charge on any atom is -0.343 e. The maximum Gasteiger partial charge on any atom is 0.416 e. The largest absolute Gasteiger partial charge is 0.416 e. The zero-order chi connectivity index (χ0) is 19.4. The van der Waals surface area contributed by atoms with E-state index in [9.17, 15) is 18.0 Å². The second kappa shape index (κ2) is 8.56. The number of likely N-dealkylation sites (tertiary alicyclic amines) is 1. The predicted molar refractivity (Wildman–Crippen MR) is 101 cm³/mol. The van der Waals surface area contributed by atoms with Crippen molar-refractivity contribution in [3.8, 4) is 0 Å². The first-order valence-electron chi connectivity index (χ1n) is 9.26. The summed E-state index contributed by atoms with van der Waals surface area (Å²) in [7, 11) is 1.95. The molecule has 3 rings (SSSR count). The van der Waals surface area contributed by atoms with Gasteiger partial charge in [-0.3, -0.25) is 4.79 Å². The SMILES string of the molecule is CNCCC1CCN(C(=O)CCc2nc3cc(C(F)(F)F)ccc3s2)CC1. The Balaban J connectivity index is 1.53. The third-order valence-corrected chi connectivity index (χ3v) is 6.18. The van der Waals surface area contributed by atoms with Gasteiger partial charge in [0.25, 0.3) is 0 Å². The Morgan fingerprint density at radius 1 is 1.33 bits per heavy atom. The lowest BCUT2D eigenvalue weighted by atomic mass is 9.93. The van der Waals surface area contributed by atoms with Crippen molar-refractivity contribution in [3.05, 3.63) is 28.8 Å². The van der Waals surface area contributed by atoms with Crippen LogP contribution in [-0.4, -0.2) is 42.5 Å². The van der Waals surface area contributed by atoms with Crippen LogP contribution in [0.5, 0.6) is 0 Å². The summed E-state index contributed by atoms with van der Waals surface area (Å²) in [6.45, 7) is 2.59. The Morgan fingerprint density at radius 3 is 2.74 bits per heavy atom. The number of thiazole rings is 1. The molecule has 1 aromatic heterocycles. The first-order valence-corrected chi connectivity index (χ1v) is 10.1. The van der Waals surface area contributed by atoms with Gasteiger partial charge in [0, 0.05) is 25.9 Å². The van der Waals surface area contributed by atoms with Gasteiger partial charge in [0.1, 0.15) is 0 Å². The molecule has 2 aromatic rings. The fourth-order valence-electron chi connectivity index (χ4n) is 3.45. The van der Waals surface area contributed by atoms with Crippen LogP contribution in [0.2, 0.25) is 0 Å². The molecule has 1 amide bonds. The lowest BCUT2D eigenvalue weighted by Gasteiger charge is -2.32. The lowest BCUT2D eigenvalue weighted by Crippen LogP contribution is -2.39. The Bertz CT molecular complexity index is 782. The van der Waals surface area contributed by atoms with Gasteiger partial charge in [0.05, 0.1) is 20.8 Å². The maximum atomic E-state index is 12.8. The van der Waals surface area contributed by atoms with Crippen molar-refractivity contribution in [3.63, 3.8) is 0 Å². The molecular weight excluding hydrogens is 375 g/mol. The molecule has 27 heavy (non-hydrogen) atoms. The van der Waals surface area contributed by atoms with E-state index in [0.717, 1.165) is 55.7 Å². The molecule has 8 heteroatoms. The number of rotatable bonds is 6. The number of carbonyl (C=O) groups excluding carboxylic acids is 1. The van der Waals surface area contributed by atoms with Gasteiger partial charge >= 0.3 is 6.18 Å². The van der Waals surface area contributed by atoms with Gasteiger partial charge in [-0.25, -0.2) is 4.98 Å². The molecule has 1 fully saturated rings. The highest BCUT2D eigenvalue weighted by atomic mass is 32.1. The Hall–Kier alpha value is -1.67. The van der Waals surface area contributed by atoms with Crippen LogP contribution in [0.1, 0.15) is 36.3 Å². The standard InChI is InChI=1S/C19H24F3N3OS/c1-23-9-6-13-7-10-25(11-8-13)18(26)5-4-17-24-15-12-14(19(20,21)22)2-3-16(15)27-17/h2-3,12-13,23H,4-11H2,1H3. The van der Waals surface area contributed by atoms with E-state index in [-0.39, 0.29) is 5.91 Å². The van der Waals surface area contributed by atoms with E-state index < -0.39 is 11.7 Å². The minimum absolute atomic E-state index is 0.109. The van der Waals surface area contributed by atoms with Gasteiger partial charge in [0.15, 0.2) is 0 Å². The van der Waals surface area contributed by atoms with Crippen LogP contribution in [0.4, 0.5) is 13.2 Å². The summed E-state index contributed by atoms with van der Waals surface area (Å²) in [5.41, 5.74) is -0.341. The van der Waals surface area contributed by atoms with Crippen LogP contribution in [0, 0.1) is 5.92 Å². The van der Waals surface area contributed by atoms with E-state index in [4.69, 9.17) is 0 Å². The number of halogens is 3. The first-order chi connectivity index (χ1) is 12.9. The second-order valence-corrected chi connectivity index (χ2v) is 8.12. The third-order valence-electron chi connectivity index (χ3n) is 5.08. The van der Waals surface area contributed by atoms with E-state index in [1.165, 1.54) is 17.4 Å². The van der Waals surface area contributed by atoms with Gasteiger partial charge in [0.2, 0.25) is 5.91 Å². The summed E-state index contributed by atoms with van der Waals surface area (Å²) >= 11 is 1.36. The van der Waals surface area contributed by atoms with Gasteiger partial charge in [-0.05, 0) is 57.0 Å². The Kier molecular flexibility index (Phi) is 6.37. The Labute approximate surface area is 160 Å². The first kappa shape index (κ1) is 20.1. The molecule has 1 aliphatic heterocycles. The number of hydrogen-bond acceptors (Lipinski definition) is 4. The van der Waals surface area contributed by atoms with E-state index >= 15 is 0 Å². The lowest BCUT2D eigenvalue weighted by molar-refractivity contribution is -0.137. The fourth-order valence-corrected chi connectivity index (χ4v) is 4.40. The van der Waals surface area contributed by atoms with Crippen molar-refractivity contribution in [2.75, 3.05) is 26.7 Å². The van der Waals surface area contributed by atoms with E-state index in [1.807, 2.05) is 11.9 Å². The van der Waals surface area contributed by atoms with Crippen LogP contribution < -0.4 is 5.32 Å². The second-order valence-electron chi connectivity index (χ2n) is 7.00. The number of hydrogen-bond donors (Lipinski definition) is 1. The number of aromatic nitrogens is 1. The minimum atomic E-state index is -4.37.